The zero-order valence-corrected chi connectivity index (χ0v) is 10.6. The summed E-state index contributed by atoms with van der Waals surface area (Å²) in [6, 6.07) is 1.81. The number of hydrogen-bond donors (Lipinski definition) is 3. The van der Waals surface area contributed by atoms with E-state index in [9.17, 15) is 13.2 Å². The van der Waals surface area contributed by atoms with E-state index in [1.807, 2.05) is 11.4 Å². The van der Waals surface area contributed by atoms with E-state index >= 15 is 0 Å². The molecule has 0 bridgehead atoms. The van der Waals surface area contributed by atoms with Crippen molar-refractivity contribution >= 4 is 33.3 Å². The Kier molecular flexibility index (Phi) is 4.05. The van der Waals surface area contributed by atoms with Gasteiger partial charge in [0.05, 0.1) is 5.39 Å². The maximum absolute atomic E-state index is 12.0. The lowest BCUT2D eigenvalue weighted by Crippen LogP contribution is -2.14. The molecule has 0 aliphatic rings. The summed E-state index contributed by atoms with van der Waals surface area (Å²) in [4.78, 5) is 8.95. The number of anilines is 2. The van der Waals surface area contributed by atoms with E-state index in [2.05, 4.69) is 20.7 Å². The molecule has 0 aromatic carbocycles. The van der Waals surface area contributed by atoms with Crippen molar-refractivity contribution in [1.29, 1.82) is 0 Å². The van der Waals surface area contributed by atoms with Gasteiger partial charge in [-0.2, -0.15) is 18.2 Å². The molecule has 5 nitrogen and oxygen atoms in total. The number of nitrogen functional groups attached to an aromatic ring is 1. The van der Waals surface area contributed by atoms with E-state index in [4.69, 9.17) is 5.84 Å². The number of alkyl halides is 3. The average molecular weight is 291 g/mol. The van der Waals surface area contributed by atoms with Crippen molar-refractivity contribution in [1.82, 2.24) is 9.97 Å². The van der Waals surface area contributed by atoms with Crippen LogP contribution in [0.3, 0.4) is 0 Å². The minimum absolute atomic E-state index is 0.00940. The molecule has 104 valence electrons. The SMILES string of the molecule is NNc1nc(NCCCC(F)(F)F)c2ccsc2n1. The maximum atomic E-state index is 12.0. The highest BCUT2D eigenvalue weighted by Crippen LogP contribution is 2.26. The summed E-state index contributed by atoms with van der Waals surface area (Å²) in [6.07, 6.45) is -4.96. The van der Waals surface area contributed by atoms with E-state index < -0.39 is 12.6 Å². The van der Waals surface area contributed by atoms with Gasteiger partial charge >= 0.3 is 6.18 Å². The highest BCUT2D eigenvalue weighted by atomic mass is 32.1. The molecule has 0 aliphatic carbocycles. The Morgan fingerprint density at radius 1 is 1.32 bits per heavy atom. The molecule has 0 unspecified atom stereocenters. The number of halogens is 3. The largest absolute Gasteiger partial charge is 0.389 e. The topological polar surface area (TPSA) is 75.9 Å². The van der Waals surface area contributed by atoms with Crippen LogP contribution in [0.5, 0.6) is 0 Å². The van der Waals surface area contributed by atoms with Crippen molar-refractivity contribution in [2.45, 2.75) is 19.0 Å². The van der Waals surface area contributed by atoms with Crippen LogP contribution in [-0.2, 0) is 0 Å². The molecule has 2 rings (SSSR count). The number of nitrogens with one attached hydrogen (secondary N) is 2. The fraction of sp³-hybridized carbons (Fsp3) is 0.400. The first-order valence-corrected chi connectivity index (χ1v) is 6.40. The van der Waals surface area contributed by atoms with Gasteiger partial charge < -0.3 is 5.32 Å². The molecule has 2 aromatic heterocycles. The van der Waals surface area contributed by atoms with Crippen LogP contribution in [0.15, 0.2) is 11.4 Å². The third-order valence-corrected chi connectivity index (χ3v) is 3.19. The van der Waals surface area contributed by atoms with Crippen LogP contribution >= 0.6 is 11.3 Å². The Labute approximate surface area is 111 Å². The van der Waals surface area contributed by atoms with Crippen molar-refractivity contribution in [2.75, 3.05) is 17.3 Å². The summed E-state index contributed by atoms with van der Waals surface area (Å²) in [6.45, 7) is 0.186. The standard InChI is InChI=1S/C10H12F3N5S/c11-10(12,13)3-1-4-15-7-6-2-5-19-8(6)17-9(16-7)18-14/h2,5H,1,3-4,14H2,(H2,15,16,17,18). The smallest absolute Gasteiger partial charge is 0.369 e. The first kappa shape index (κ1) is 13.8. The van der Waals surface area contributed by atoms with Crippen molar-refractivity contribution in [2.24, 2.45) is 5.84 Å². The molecule has 0 saturated heterocycles. The Bertz CT molecular complexity index is 554. The number of hydrazine groups is 1. The van der Waals surface area contributed by atoms with Gasteiger partial charge in [-0.15, -0.1) is 11.3 Å². The molecule has 2 aromatic rings. The van der Waals surface area contributed by atoms with Crippen molar-refractivity contribution in [3.8, 4) is 0 Å². The normalized spacial score (nSPS) is 11.8. The lowest BCUT2D eigenvalue weighted by molar-refractivity contribution is -0.134. The number of aromatic nitrogens is 2. The van der Waals surface area contributed by atoms with Crippen LogP contribution in [0.2, 0.25) is 0 Å². The number of fused-ring (bicyclic) bond motifs is 1. The molecule has 0 amide bonds. The molecule has 2 heterocycles. The molecule has 0 fully saturated rings. The van der Waals surface area contributed by atoms with E-state index in [1.54, 1.807) is 0 Å². The molecule has 0 spiro atoms. The molecule has 0 atom stereocenters. The first-order valence-electron chi connectivity index (χ1n) is 5.52. The quantitative estimate of drug-likeness (QED) is 0.448. The van der Waals surface area contributed by atoms with Crippen molar-refractivity contribution in [3.05, 3.63) is 11.4 Å². The van der Waals surface area contributed by atoms with Gasteiger partial charge in [0, 0.05) is 13.0 Å². The lowest BCUT2D eigenvalue weighted by Gasteiger charge is -2.09. The van der Waals surface area contributed by atoms with E-state index in [0.29, 0.717) is 5.82 Å². The molecule has 0 aliphatic heterocycles. The molecule has 4 N–H and O–H groups in total. The summed E-state index contributed by atoms with van der Waals surface area (Å²) in [5.74, 6) is 5.96. The second-order valence-corrected chi connectivity index (χ2v) is 4.72. The van der Waals surface area contributed by atoms with Crippen LogP contribution in [0.4, 0.5) is 24.9 Å². The second kappa shape index (κ2) is 5.57. The van der Waals surface area contributed by atoms with Crippen LogP contribution in [0, 0.1) is 0 Å². The predicted octanol–water partition coefficient (Wildman–Crippen LogP) is 2.73. The Hall–Kier alpha value is -1.61. The van der Waals surface area contributed by atoms with Gasteiger partial charge in [-0.05, 0) is 17.9 Å². The fourth-order valence-electron chi connectivity index (χ4n) is 1.55. The molecule has 19 heavy (non-hydrogen) atoms. The predicted molar refractivity (Wildman–Crippen MR) is 69.0 cm³/mol. The molecule has 0 saturated carbocycles. The molecular formula is C10H12F3N5S. The highest BCUT2D eigenvalue weighted by Gasteiger charge is 2.25. The van der Waals surface area contributed by atoms with Gasteiger partial charge in [-0.25, -0.2) is 10.8 Å². The lowest BCUT2D eigenvalue weighted by atomic mass is 10.3. The summed E-state index contributed by atoms with van der Waals surface area (Å²) < 4.78 is 36.1. The van der Waals surface area contributed by atoms with Crippen LogP contribution in [-0.4, -0.2) is 22.7 Å². The van der Waals surface area contributed by atoms with Crippen LogP contribution in [0.1, 0.15) is 12.8 Å². The summed E-state index contributed by atoms with van der Waals surface area (Å²) in [5, 5.41) is 5.49. The van der Waals surface area contributed by atoms with Gasteiger partial charge in [-0.1, -0.05) is 0 Å². The third-order valence-electron chi connectivity index (χ3n) is 2.38. The zero-order valence-electron chi connectivity index (χ0n) is 9.79. The van der Waals surface area contributed by atoms with Crippen LogP contribution < -0.4 is 16.6 Å². The van der Waals surface area contributed by atoms with Crippen molar-refractivity contribution < 1.29 is 13.2 Å². The van der Waals surface area contributed by atoms with Gasteiger partial charge in [-0.3, -0.25) is 5.43 Å². The van der Waals surface area contributed by atoms with Gasteiger partial charge in [0.25, 0.3) is 0 Å². The second-order valence-electron chi connectivity index (χ2n) is 3.83. The van der Waals surface area contributed by atoms with E-state index in [1.165, 1.54) is 11.3 Å². The fourth-order valence-corrected chi connectivity index (χ4v) is 2.31. The number of nitrogens with two attached hydrogens (primary N) is 1. The summed E-state index contributed by atoms with van der Waals surface area (Å²) >= 11 is 1.41. The monoisotopic (exact) mass is 291 g/mol. The van der Waals surface area contributed by atoms with Crippen molar-refractivity contribution in [3.63, 3.8) is 0 Å². The minimum atomic E-state index is -4.13. The summed E-state index contributed by atoms with van der Waals surface area (Å²) in [5.41, 5.74) is 2.33. The highest BCUT2D eigenvalue weighted by molar-refractivity contribution is 7.16. The van der Waals surface area contributed by atoms with Gasteiger partial charge in [0.2, 0.25) is 5.95 Å². The Morgan fingerprint density at radius 2 is 2.11 bits per heavy atom. The number of hydrogen-bond acceptors (Lipinski definition) is 6. The molecule has 9 heteroatoms. The minimum Gasteiger partial charge on any atom is -0.369 e. The Morgan fingerprint density at radius 3 is 2.79 bits per heavy atom. The average Bonchev–Trinajstić information content (AvgIpc) is 2.81. The van der Waals surface area contributed by atoms with Crippen LogP contribution in [0.25, 0.3) is 10.2 Å². The van der Waals surface area contributed by atoms with E-state index in [-0.39, 0.29) is 18.9 Å². The summed E-state index contributed by atoms with van der Waals surface area (Å²) in [7, 11) is 0. The number of rotatable bonds is 5. The Balaban J connectivity index is 2.05. The number of thiophene rings is 1. The third kappa shape index (κ3) is 3.67. The molecule has 0 radical (unpaired) electrons. The molecular weight excluding hydrogens is 279 g/mol. The van der Waals surface area contributed by atoms with Gasteiger partial charge in [0.15, 0.2) is 0 Å². The first-order chi connectivity index (χ1) is 8.99. The number of nitrogens with zero attached hydrogens (tertiary/aromatic N) is 2. The van der Waals surface area contributed by atoms with E-state index in [0.717, 1.165) is 10.2 Å². The zero-order chi connectivity index (χ0) is 13.9. The maximum Gasteiger partial charge on any atom is 0.389 e. The van der Waals surface area contributed by atoms with Gasteiger partial charge in [0.1, 0.15) is 10.6 Å².